The zero-order valence-electron chi connectivity index (χ0n) is 10.9. The number of nitrogens with two attached hydrogens (primary N) is 1. The van der Waals surface area contributed by atoms with Crippen molar-refractivity contribution in [2.75, 3.05) is 5.73 Å². The van der Waals surface area contributed by atoms with Crippen LogP contribution in [-0.2, 0) is 10.3 Å². The van der Waals surface area contributed by atoms with Crippen molar-refractivity contribution in [3.8, 4) is 0 Å². The molecule has 0 aliphatic heterocycles. The maximum atomic E-state index is 11.8. The second-order valence-corrected chi connectivity index (χ2v) is 5.63. The van der Waals surface area contributed by atoms with E-state index >= 15 is 0 Å². The number of oxazole rings is 1. The average Bonchev–Trinajstić information content (AvgIpc) is 2.55. The van der Waals surface area contributed by atoms with Crippen LogP contribution in [0.3, 0.4) is 0 Å². The summed E-state index contributed by atoms with van der Waals surface area (Å²) in [6.07, 6.45) is 3.75. The topological polar surface area (TPSA) is 90.4 Å². The Morgan fingerprint density at radius 1 is 1.56 bits per heavy atom. The van der Waals surface area contributed by atoms with Crippen LogP contribution in [0.4, 0.5) is 10.8 Å². The van der Waals surface area contributed by atoms with Crippen molar-refractivity contribution in [3.05, 3.63) is 12.0 Å². The van der Waals surface area contributed by atoms with E-state index in [1.165, 1.54) is 0 Å². The molecule has 0 bridgehead atoms. The summed E-state index contributed by atoms with van der Waals surface area (Å²) < 4.78 is 10.6. The standard InChI is InChI=1S/C12H19N3O3/c1-11(2,3)18-10(16)15-12(5-4-6-12)8-7-14-9(13)17-8/h7H,4-6H2,1-3H3,(H2,13,14)(H,15,16). The van der Waals surface area contributed by atoms with Crippen molar-refractivity contribution in [1.82, 2.24) is 10.3 Å². The summed E-state index contributed by atoms with van der Waals surface area (Å²) in [5, 5.41) is 2.87. The summed E-state index contributed by atoms with van der Waals surface area (Å²) in [6, 6.07) is 0.113. The molecule has 100 valence electrons. The number of nitrogens with one attached hydrogen (secondary N) is 1. The van der Waals surface area contributed by atoms with Crippen molar-refractivity contribution < 1.29 is 13.9 Å². The van der Waals surface area contributed by atoms with Gasteiger partial charge in [0.05, 0.1) is 6.20 Å². The van der Waals surface area contributed by atoms with Crippen LogP contribution < -0.4 is 11.1 Å². The first-order chi connectivity index (χ1) is 8.31. The minimum Gasteiger partial charge on any atom is -0.444 e. The van der Waals surface area contributed by atoms with Gasteiger partial charge >= 0.3 is 6.09 Å². The van der Waals surface area contributed by atoms with Crippen LogP contribution in [0.2, 0.25) is 0 Å². The van der Waals surface area contributed by atoms with E-state index in [2.05, 4.69) is 10.3 Å². The SMILES string of the molecule is CC(C)(C)OC(=O)NC1(c2cnc(N)o2)CCC1. The van der Waals surface area contributed by atoms with Crippen molar-refractivity contribution in [2.45, 2.75) is 51.2 Å². The maximum absolute atomic E-state index is 11.8. The number of nitrogens with zero attached hydrogens (tertiary/aromatic N) is 1. The molecule has 1 heterocycles. The number of ether oxygens (including phenoxy) is 1. The molecule has 1 aliphatic carbocycles. The minimum atomic E-state index is -0.518. The summed E-state index contributed by atoms with van der Waals surface area (Å²) in [4.78, 5) is 15.7. The number of rotatable bonds is 2. The number of carbonyl (C=O) groups is 1. The zero-order chi connectivity index (χ0) is 13.4. The van der Waals surface area contributed by atoms with Crippen LogP contribution in [0.5, 0.6) is 0 Å². The Bertz CT molecular complexity index is 444. The lowest BCUT2D eigenvalue weighted by Crippen LogP contribution is -2.51. The Kier molecular flexibility index (Phi) is 2.96. The van der Waals surface area contributed by atoms with Crippen molar-refractivity contribution in [2.24, 2.45) is 0 Å². The Morgan fingerprint density at radius 3 is 2.61 bits per heavy atom. The highest BCUT2D eigenvalue weighted by molar-refractivity contribution is 5.69. The van der Waals surface area contributed by atoms with Gasteiger partial charge in [-0.25, -0.2) is 9.78 Å². The van der Waals surface area contributed by atoms with Gasteiger partial charge in [-0.3, -0.25) is 0 Å². The quantitative estimate of drug-likeness (QED) is 0.842. The van der Waals surface area contributed by atoms with Crippen LogP contribution in [0.1, 0.15) is 45.8 Å². The molecule has 0 spiro atoms. The van der Waals surface area contributed by atoms with Crippen molar-refractivity contribution in [3.63, 3.8) is 0 Å². The molecule has 0 aromatic carbocycles. The molecule has 1 amide bonds. The average molecular weight is 253 g/mol. The van der Waals surface area contributed by atoms with Gasteiger partial charge in [-0.1, -0.05) is 0 Å². The normalized spacial score (nSPS) is 17.9. The lowest BCUT2D eigenvalue weighted by atomic mass is 9.75. The van der Waals surface area contributed by atoms with E-state index in [-0.39, 0.29) is 6.01 Å². The first-order valence-electron chi connectivity index (χ1n) is 6.04. The van der Waals surface area contributed by atoms with Gasteiger partial charge in [0, 0.05) is 0 Å². The fourth-order valence-electron chi connectivity index (χ4n) is 1.97. The van der Waals surface area contributed by atoms with Gasteiger partial charge in [0.1, 0.15) is 11.1 Å². The third-order valence-corrected chi connectivity index (χ3v) is 2.94. The number of hydrogen-bond donors (Lipinski definition) is 2. The molecule has 1 aliphatic rings. The molecule has 6 heteroatoms. The highest BCUT2D eigenvalue weighted by Gasteiger charge is 2.44. The van der Waals surface area contributed by atoms with Crippen LogP contribution in [0, 0.1) is 0 Å². The maximum Gasteiger partial charge on any atom is 0.408 e. The van der Waals surface area contributed by atoms with Gasteiger partial charge in [0.2, 0.25) is 0 Å². The van der Waals surface area contributed by atoms with Gasteiger partial charge in [-0.2, -0.15) is 0 Å². The molecule has 0 radical (unpaired) electrons. The van der Waals surface area contributed by atoms with Gasteiger partial charge in [0.15, 0.2) is 5.76 Å². The largest absolute Gasteiger partial charge is 0.444 e. The molecule has 0 atom stereocenters. The monoisotopic (exact) mass is 253 g/mol. The first kappa shape index (κ1) is 12.7. The van der Waals surface area contributed by atoms with Crippen LogP contribution >= 0.6 is 0 Å². The fourth-order valence-corrected chi connectivity index (χ4v) is 1.97. The van der Waals surface area contributed by atoms with E-state index < -0.39 is 17.2 Å². The highest BCUT2D eigenvalue weighted by Crippen LogP contribution is 2.41. The van der Waals surface area contributed by atoms with Gasteiger partial charge in [0.25, 0.3) is 6.01 Å². The molecule has 1 aromatic heterocycles. The van der Waals surface area contributed by atoms with Crippen molar-refractivity contribution >= 4 is 12.1 Å². The molecule has 18 heavy (non-hydrogen) atoms. The molecule has 6 nitrogen and oxygen atoms in total. The van der Waals surface area contributed by atoms with Crippen LogP contribution in [-0.4, -0.2) is 16.7 Å². The Labute approximate surface area is 106 Å². The number of amides is 1. The Balaban J connectivity index is 2.08. The summed E-state index contributed by atoms with van der Waals surface area (Å²) in [5.74, 6) is 0.595. The lowest BCUT2D eigenvalue weighted by molar-refractivity contribution is 0.0345. The van der Waals surface area contributed by atoms with E-state index in [0.29, 0.717) is 5.76 Å². The fraction of sp³-hybridized carbons (Fsp3) is 0.667. The number of anilines is 1. The summed E-state index contributed by atoms with van der Waals surface area (Å²) in [5.41, 5.74) is 4.44. The third kappa shape index (κ3) is 2.57. The van der Waals surface area contributed by atoms with Crippen LogP contribution in [0.15, 0.2) is 10.6 Å². The van der Waals surface area contributed by atoms with E-state index in [1.54, 1.807) is 6.20 Å². The predicted octanol–water partition coefficient (Wildman–Crippen LogP) is 2.16. The van der Waals surface area contributed by atoms with Gasteiger partial charge < -0.3 is 20.2 Å². The molecule has 1 fully saturated rings. The molecule has 1 aromatic rings. The smallest absolute Gasteiger partial charge is 0.408 e. The Hall–Kier alpha value is -1.72. The molecular weight excluding hydrogens is 234 g/mol. The lowest BCUT2D eigenvalue weighted by Gasteiger charge is -2.40. The second-order valence-electron chi connectivity index (χ2n) is 5.63. The molecular formula is C12H19N3O3. The third-order valence-electron chi connectivity index (χ3n) is 2.94. The molecule has 2 rings (SSSR count). The number of hydrogen-bond acceptors (Lipinski definition) is 5. The number of nitrogen functional groups attached to an aromatic ring is 1. The summed E-state index contributed by atoms with van der Waals surface area (Å²) in [7, 11) is 0. The van der Waals surface area contributed by atoms with E-state index in [0.717, 1.165) is 19.3 Å². The first-order valence-corrected chi connectivity index (χ1v) is 6.04. The molecule has 0 saturated heterocycles. The predicted molar refractivity (Wildman–Crippen MR) is 65.8 cm³/mol. The Morgan fingerprint density at radius 2 is 2.22 bits per heavy atom. The summed E-state index contributed by atoms with van der Waals surface area (Å²) in [6.45, 7) is 5.48. The zero-order valence-corrected chi connectivity index (χ0v) is 10.9. The number of alkyl carbamates (subject to hydrolysis) is 1. The molecule has 1 saturated carbocycles. The number of carbonyl (C=O) groups excluding carboxylic acids is 1. The second kappa shape index (κ2) is 4.19. The van der Waals surface area contributed by atoms with E-state index in [4.69, 9.17) is 14.9 Å². The molecule has 0 unspecified atom stereocenters. The highest BCUT2D eigenvalue weighted by atomic mass is 16.6. The van der Waals surface area contributed by atoms with E-state index in [9.17, 15) is 4.79 Å². The summed E-state index contributed by atoms with van der Waals surface area (Å²) >= 11 is 0. The number of aromatic nitrogens is 1. The van der Waals surface area contributed by atoms with E-state index in [1.807, 2.05) is 20.8 Å². The molecule has 3 N–H and O–H groups in total. The minimum absolute atomic E-state index is 0.113. The van der Waals surface area contributed by atoms with Crippen LogP contribution in [0.25, 0.3) is 0 Å². The van der Waals surface area contributed by atoms with Gasteiger partial charge in [-0.05, 0) is 40.0 Å². The van der Waals surface area contributed by atoms with Gasteiger partial charge in [-0.15, -0.1) is 0 Å². The van der Waals surface area contributed by atoms with Crippen molar-refractivity contribution in [1.29, 1.82) is 0 Å².